The fourth-order valence-corrected chi connectivity index (χ4v) is 3.13. The number of ether oxygens (including phenoxy) is 3. The number of amides is 2. The van der Waals surface area contributed by atoms with Crippen LogP contribution in [0, 0.1) is 10.1 Å². The van der Waals surface area contributed by atoms with Crippen molar-refractivity contribution >= 4 is 23.5 Å². The Balaban J connectivity index is 1.61. The summed E-state index contributed by atoms with van der Waals surface area (Å²) >= 11 is 0. The van der Waals surface area contributed by atoms with Crippen LogP contribution in [-0.4, -0.2) is 54.6 Å². The Hall–Kier alpha value is -3.89. The van der Waals surface area contributed by atoms with E-state index >= 15 is 0 Å². The van der Waals surface area contributed by atoms with Crippen LogP contribution in [0.3, 0.4) is 0 Å². The first-order chi connectivity index (χ1) is 15.4. The van der Waals surface area contributed by atoms with Gasteiger partial charge in [0.15, 0.2) is 23.9 Å². The minimum absolute atomic E-state index is 0.0431. The Morgan fingerprint density at radius 1 is 1.22 bits per heavy atom. The quantitative estimate of drug-likeness (QED) is 0.434. The second kappa shape index (κ2) is 10.4. The highest BCUT2D eigenvalue weighted by atomic mass is 16.6. The molecule has 1 N–H and O–H groups in total. The number of carbonyl (C=O) groups excluding carboxylic acids is 2. The monoisotopic (exact) mass is 444 g/mol. The molecule has 0 spiro atoms. The van der Waals surface area contributed by atoms with Crippen LogP contribution in [0.4, 0.5) is 11.6 Å². The summed E-state index contributed by atoms with van der Waals surface area (Å²) in [5, 5.41) is 13.7. The van der Waals surface area contributed by atoms with Gasteiger partial charge >= 0.3 is 5.82 Å². The molecule has 1 aliphatic rings. The van der Waals surface area contributed by atoms with E-state index in [1.165, 1.54) is 12.1 Å². The summed E-state index contributed by atoms with van der Waals surface area (Å²) in [6, 6.07) is 8.13. The Morgan fingerprint density at radius 2 is 1.97 bits per heavy atom. The van der Waals surface area contributed by atoms with Gasteiger partial charge in [0.05, 0.1) is 13.2 Å². The van der Waals surface area contributed by atoms with Gasteiger partial charge in [-0.05, 0) is 53.9 Å². The van der Waals surface area contributed by atoms with E-state index in [9.17, 15) is 19.7 Å². The Morgan fingerprint density at radius 3 is 2.69 bits per heavy atom. The largest absolute Gasteiger partial charge is 0.490 e. The minimum atomic E-state index is -0.676. The van der Waals surface area contributed by atoms with Crippen LogP contribution >= 0.6 is 0 Å². The van der Waals surface area contributed by atoms with Gasteiger partial charge in [-0.25, -0.2) is 0 Å². The summed E-state index contributed by atoms with van der Waals surface area (Å²) in [4.78, 5) is 39.9. The zero-order valence-corrected chi connectivity index (χ0v) is 17.8. The Kier molecular flexibility index (Phi) is 7.42. The minimum Gasteiger partial charge on any atom is -0.490 e. The number of nitrogens with zero attached hydrogens (tertiary/aromatic N) is 3. The molecule has 0 unspecified atom stereocenters. The maximum Gasteiger partial charge on any atom is 0.366 e. The molecule has 1 aromatic carbocycles. The van der Waals surface area contributed by atoms with Crippen LogP contribution in [0.2, 0.25) is 0 Å². The molecule has 0 atom stereocenters. The van der Waals surface area contributed by atoms with E-state index in [1.54, 1.807) is 0 Å². The maximum absolute atomic E-state index is 12.4. The number of benzene rings is 1. The average molecular weight is 444 g/mol. The first-order valence-electron chi connectivity index (χ1n) is 10.2. The topological polar surface area (TPSA) is 133 Å². The molecule has 0 saturated heterocycles. The van der Waals surface area contributed by atoms with E-state index in [0.717, 1.165) is 10.5 Å². The van der Waals surface area contributed by atoms with E-state index in [-0.39, 0.29) is 24.7 Å². The summed E-state index contributed by atoms with van der Waals surface area (Å²) in [7, 11) is 0. The molecule has 2 aromatic rings. The van der Waals surface area contributed by atoms with Gasteiger partial charge in [-0.15, -0.1) is 0 Å². The van der Waals surface area contributed by atoms with Crippen LogP contribution in [0.25, 0.3) is 0 Å². The summed E-state index contributed by atoms with van der Waals surface area (Å²) in [6.45, 7) is 4.54. The van der Waals surface area contributed by atoms with Gasteiger partial charge in [-0.2, -0.15) is 0 Å². The number of nitrogens with one attached hydrogen (secondary N) is 1. The summed E-state index contributed by atoms with van der Waals surface area (Å²) in [6.07, 6.45) is 0.537. The van der Waals surface area contributed by atoms with E-state index in [1.807, 2.05) is 32.0 Å². The molecular weight excluding hydrogens is 420 g/mol. The highest BCUT2D eigenvalue weighted by Gasteiger charge is 2.33. The molecule has 0 saturated carbocycles. The van der Waals surface area contributed by atoms with Crippen molar-refractivity contribution in [1.82, 2.24) is 10.3 Å². The summed E-state index contributed by atoms with van der Waals surface area (Å²) in [5.41, 5.74) is 0.947. The van der Waals surface area contributed by atoms with Crippen molar-refractivity contribution in [2.24, 2.45) is 0 Å². The van der Waals surface area contributed by atoms with E-state index in [4.69, 9.17) is 14.2 Å². The van der Waals surface area contributed by atoms with Crippen LogP contribution in [0.5, 0.6) is 17.2 Å². The van der Waals surface area contributed by atoms with E-state index in [2.05, 4.69) is 10.3 Å². The smallest absolute Gasteiger partial charge is 0.366 e. The molecule has 2 heterocycles. The highest BCUT2D eigenvalue weighted by Crippen LogP contribution is 2.32. The fraction of sp³-hybridized carbons (Fsp3) is 0.381. The van der Waals surface area contributed by atoms with Crippen molar-refractivity contribution in [3.8, 4) is 17.2 Å². The maximum atomic E-state index is 12.4. The van der Waals surface area contributed by atoms with Crippen molar-refractivity contribution in [2.75, 3.05) is 37.8 Å². The number of hydrogen-bond acceptors (Lipinski definition) is 8. The van der Waals surface area contributed by atoms with Gasteiger partial charge in [0.2, 0.25) is 5.91 Å². The van der Waals surface area contributed by atoms with Crippen molar-refractivity contribution in [1.29, 1.82) is 0 Å². The molecule has 2 amide bonds. The molecule has 0 radical (unpaired) electrons. The summed E-state index contributed by atoms with van der Waals surface area (Å²) < 4.78 is 16.4. The number of hydrogen-bond donors (Lipinski definition) is 1. The van der Waals surface area contributed by atoms with E-state index < -0.39 is 22.6 Å². The van der Waals surface area contributed by atoms with Gasteiger partial charge in [0, 0.05) is 12.6 Å². The SMILES string of the molecule is CCOc1ccc(CCNC(=O)CN2C(=O)COc3ccc([N+](=O)[O-])nc32)cc1OCC. The van der Waals surface area contributed by atoms with E-state index in [0.29, 0.717) is 37.7 Å². The molecule has 3 rings (SSSR count). The van der Waals surface area contributed by atoms with Gasteiger partial charge in [-0.1, -0.05) is 6.07 Å². The molecule has 1 aromatic heterocycles. The molecule has 11 heteroatoms. The first-order valence-corrected chi connectivity index (χ1v) is 10.2. The lowest BCUT2D eigenvalue weighted by Gasteiger charge is -2.24. The Labute approximate surface area is 184 Å². The fourth-order valence-electron chi connectivity index (χ4n) is 3.13. The zero-order chi connectivity index (χ0) is 23.1. The van der Waals surface area contributed by atoms with Gasteiger partial charge in [0.25, 0.3) is 11.7 Å². The van der Waals surface area contributed by atoms with Crippen molar-refractivity contribution in [2.45, 2.75) is 20.3 Å². The molecule has 11 nitrogen and oxygen atoms in total. The van der Waals surface area contributed by atoms with Gasteiger partial charge in [0.1, 0.15) is 6.54 Å². The van der Waals surface area contributed by atoms with Crippen LogP contribution in [0.15, 0.2) is 30.3 Å². The standard InChI is InChI=1S/C21H24N4O7/c1-3-30-15-6-5-14(11-17(15)31-4-2)9-10-22-19(26)12-24-20(27)13-32-16-7-8-18(25(28)29)23-21(16)24/h5-8,11H,3-4,9-10,12-13H2,1-2H3,(H,22,26). The second-order valence-electron chi connectivity index (χ2n) is 6.76. The van der Waals surface area contributed by atoms with Crippen molar-refractivity contribution in [3.05, 3.63) is 46.0 Å². The van der Waals surface area contributed by atoms with Gasteiger partial charge < -0.3 is 29.6 Å². The van der Waals surface area contributed by atoms with Crippen LogP contribution in [-0.2, 0) is 16.0 Å². The molecule has 1 aliphatic heterocycles. The van der Waals surface area contributed by atoms with Crippen LogP contribution < -0.4 is 24.4 Å². The number of aromatic nitrogens is 1. The molecule has 0 aliphatic carbocycles. The number of pyridine rings is 1. The van der Waals surface area contributed by atoms with Crippen LogP contribution in [0.1, 0.15) is 19.4 Å². The highest BCUT2D eigenvalue weighted by molar-refractivity contribution is 6.01. The molecular formula is C21H24N4O7. The molecule has 0 fully saturated rings. The zero-order valence-electron chi connectivity index (χ0n) is 17.8. The third-order valence-corrected chi connectivity index (χ3v) is 4.56. The number of nitro groups is 1. The second-order valence-corrected chi connectivity index (χ2v) is 6.76. The lowest BCUT2D eigenvalue weighted by atomic mass is 10.1. The normalized spacial score (nSPS) is 12.6. The number of fused-ring (bicyclic) bond motifs is 1. The Bertz CT molecular complexity index is 1010. The first kappa shape index (κ1) is 22.8. The van der Waals surface area contributed by atoms with Gasteiger partial charge in [-0.3, -0.25) is 14.5 Å². The predicted octanol–water partition coefficient (Wildman–Crippen LogP) is 1.87. The summed E-state index contributed by atoms with van der Waals surface area (Å²) in [5.74, 6) is 0.103. The number of rotatable bonds is 10. The third kappa shape index (κ3) is 5.42. The average Bonchev–Trinajstić information content (AvgIpc) is 2.77. The predicted molar refractivity (Wildman–Crippen MR) is 114 cm³/mol. The molecule has 0 bridgehead atoms. The molecule has 32 heavy (non-hydrogen) atoms. The number of anilines is 1. The van der Waals surface area contributed by atoms with Crippen molar-refractivity contribution in [3.63, 3.8) is 0 Å². The lowest BCUT2D eigenvalue weighted by molar-refractivity contribution is -0.389. The number of carbonyl (C=O) groups is 2. The third-order valence-electron chi connectivity index (χ3n) is 4.56. The molecule has 170 valence electrons. The lowest BCUT2D eigenvalue weighted by Crippen LogP contribution is -2.46. The van der Waals surface area contributed by atoms with Crippen molar-refractivity contribution < 1.29 is 28.7 Å².